The second-order valence-corrected chi connectivity index (χ2v) is 6.22. The van der Waals surface area contributed by atoms with Crippen LogP contribution in [0.15, 0.2) is 0 Å². The highest BCUT2D eigenvalue weighted by Crippen LogP contribution is 2.39. The molecule has 0 aromatic heterocycles. The van der Waals surface area contributed by atoms with Gasteiger partial charge in [-0.3, -0.25) is 0 Å². The first-order valence-corrected chi connectivity index (χ1v) is 6.63. The second kappa shape index (κ2) is 5.39. The molecule has 0 aliphatic heterocycles. The van der Waals surface area contributed by atoms with Crippen LogP contribution in [0.3, 0.4) is 0 Å². The molecule has 1 heteroatoms. The Morgan fingerprint density at radius 1 is 1.29 bits per heavy atom. The molecule has 0 heterocycles. The quantitative estimate of drug-likeness (QED) is 0.460. The van der Waals surface area contributed by atoms with E-state index < -0.39 is 0 Å². The van der Waals surface area contributed by atoms with Crippen molar-refractivity contribution in [2.24, 2.45) is 11.3 Å². The molecule has 0 amide bonds. The van der Waals surface area contributed by atoms with Crippen molar-refractivity contribution < 1.29 is 0 Å². The molecule has 2 atom stereocenters. The minimum absolute atomic E-state index is 0.439. The molecule has 0 spiro atoms. The molecular weight excluding hydrogens is 192 g/mol. The molecule has 0 bridgehead atoms. The molecule has 14 heavy (non-hydrogen) atoms. The van der Waals surface area contributed by atoms with Crippen LogP contribution in [-0.2, 0) is 0 Å². The second-order valence-electron chi connectivity index (χ2n) is 5.66. The van der Waals surface area contributed by atoms with Crippen molar-refractivity contribution in [2.45, 2.75) is 71.1 Å². The Bertz CT molecular complexity index is 163. The van der Waals surface area contributed by atoms with E-state index in [4.69, 9.17) is 11.6 Å². The molecule has 1 saturated carbocycles. The summed E-state index contributed by atoms with van der Waals surface area (Å²) in [5, 5.41) is 0.439. The largest absolute Gasteiger partial charge is 0.123 e. The van der Waals surface area contributed by atoms with Gasteiger partial charge in [0.25, 0.3) is 0 Å². The van der Waals surface area contributed by atoms with Gasteiger partial charge >= 0.3 is 0 Å². The fourth-order valence-electron chi connectivity index (χ4n) is 2.56. The summed E-state index contributed by atoms with van der Waals surface area (Å²) >= 11 is 6.43. The first-order chi connectivity index (χ1) is 6.55. The van der Waals surface area contributed by atoms with Gasteiger partial charge in [-0.15, -0.1) is 11.6 Å². The zero-order chi connectivity index (χ0) is 10.6. The van der Waals surface area contributed by atoms with Crippen LogP contribution in [0.25, 0.3) is 0 Å². The van der Waals surface area contributed by atoms with Gasteiger partial charge in [0.1, 0.15) is 0 Å². The maximum Gasteiger partial charge on any atom is 0.0364 e. The van der Waals surface area contributed by atoms with Crippen LogP contribution in [0.2, 0.25) is 0 Å². The lowest BCUT2D eigenvalue weighted by molar-refractivity contribution is 0.305. The molecule has 1 rings (SSSR count). The summed E-state index contributed by atoms with van der Waals surface area (Å²) < 4.78 is 0. The molecule has 0 radical (unpaired) electrons. The van der Waals surface area contributed by atoms with E-state index in [-0.39, 0.29) is 0 Å². The van der Waals surface area contributed by atoms with Crippen LogP contribution in [0.5, 0.6) is 0 Å². The lowest BCUT2D eigenvalue weighted by Gasteiger charge is -2.23. The number of halogens is 1. The molecule has 84 valence electrons. The van der Waals surface area contributed by atoms with Gasteiger partial charge < -0.3 is 0 Å². The third-order valence-electron chi connectivity index (χ3n) is 3.70. The zero-order valence-corrected chi connectivity index (χ0v) is 10.7. The normalized spacial score (nSPS) is 29.6. The molecule has 2 unspecified atom stereocenters. The predicted octanol–water partition coefficient (Wildman–Crippen LogP) is 5.00. The number of hydrogen-bond acceptors (Lipinski definition) is 0. The number of rotatable bonds is 3. The summed E-state index contributed by atoms with van der Waals surface area (Å²) in [5.41, 5.74) is 0.567. The minimum atomic E-state index is 0.439. The van der Waals surface area contributed by atoms with E-state index in [0.29, 0.717) is 10.8 Å². The summed E-state index contributed by atoms with van der Waals surface area (Å²) in [6.45, 7) is 7.03. The standard InChI is InChI=1S/C13H25Cl/c1-4-6-12(14)11-7-5-9-13(2,3)10-8-11/h11-12H,4-10H2,1-3H3. The smallest absolute Gasteiger partial charge is 0.0364 e. The Morgan fingerprint density at radius 3 is 2.64 bits per heavy atom. The van der Waals surface area contributed by atoms with Crippen LogP contribution < -0.4 is 0 Å². The average molecular weight is 217 g/mol. The zero-order valence-electron chi connectivity index (χ0n) is 9.98. The van der Waals surface area contributed by atoms with Gasteiger partial charge in [0, 0.05) is 5.38 Å². The van der Waals surface area contributed by atoms with Crippen LogP contribution in [0.4, 0.5) is 0 Å². The maximum atomic E-state index is 6.43. The van der Waals surface area contributed by atoms with E-state index in [2.05, 4.69) is 20.8 Å². The van der Waals surface area contributed by atoms with Crippen molar-refractivity contribution in [3.63, 3.8) is 0 Å². The minimum Gasteiger partial charge on any atom is -0.123 e. The van der Waals surface area contributed by atoms with E-state index in [9.17, 15) is 0 Å². The highest BCUT2D eigenvalue weighted by molar-refractivity contribution is 6.20. The molecule has 0 nitrogen and oxygen atoms in total. The molecule has 0 saturated heterocycles. The fourth-order valence-corrected chi connectivity index (χ4v) is 3.03. The topological polar surface area (TPSA) is 0 Å². The molecule has 0 aromatic rings. The summed E-state index contributed by atoms with van der Waals surface area (Å²) in [6.07, 6.45) is 9.27. The third-order valence-corrected chi connectivity index (χ3v) is 4.27. The van der Waals surface area contributed by atoms with Crippen LogP contribution in [0, 0.1) is 11.3 Å². The Kier molecular flexibility index (Phi) is 4.76. The Morgan fingerprint density at radius 2 is 2.00 bits per heavy atom. The highest BCUT2D eigenvalue weighted by atomic mass is 35.5. The van der Waals surface area contributed by atoms with Crippen molar-refractivity contribution >= 4 is 11.6 Å². The van der Waals surface area contributed by atoms with Crippen LogP contribution >= 0.6 is 11.6 Å². The van der Waals surface area contributed by atoms with E-state index in [1.807, 2.05) is 0 Å². The van der Waals surface area contributed by atoms with E-state index in [1.165, 1.54) is 44.9 Å². The number of hydrogen-bond donors (Lipinski definition) is 0. The maximum absolute atomic E-state index is 6.43. The lowest BCUT2D eigenvalue weighted by Crippen LogP contribution is -2.15. The highest BCUT2D eigenvalue weighted by Gasteiger charge is 2.27. The lowest BCUT2D eigenvalue weighted by atomic mass is 9.84. The molecule has 1 aliphatic rings. The van der Waals surface area contributed by atoms with Crippen molar-refractivity contribution in [3.8, 4) is 0 Å². The van der Waals surface area contributed by atoms with Gasteiger partial charge in [-0.2, -0.15) is 0 Å². The molecular formula is C13H25Cl. The Labute approximate surface area is 94.4 Å². The van der Waals surface area contributed by atoms with Crippen LogP contribution in [0.1, 0.15) is 65.7 Å². The van der Waals surface area contributed by atoms with Gasteiger partial charge in [-0.25, -0.2) is 0 Å². The van der Waals surface area contributed by atoms with E-state index in [1.54, 1.807) is 0 Å². The first-order valence-electron chi connectivity index (χ1n) is 6.19. The number of alkyl halides is 1. The van der Waals surface area contributed by atoms with Crippen LogP contribution in [-0.4, -0.2) is 5.38 Å². The Hall–Kier alpha value is 0.290. The molecule has 0 aromatic carbocycles. The average Bonchev–Trinajstić information content (AvgIpc) is 2.27. The fraction of sp³-hybridized carbons (Fsp3) is 1.00. The van der Waals surface area contributed by atoms with Crippen molar-refractivity contribution in [3.05, 3.63) is 0 Å². The molecule has 1 aliphatic carbocycles. The summed E-state index contributed by atoms with van der Waals surface area (Å²) in [4.78, 5) is 0. The first kappa shape index (κ1) is 12.4. The van der Waals surface area contributed by atoms with Crippen molar-refractivity contribution in [2.75, 3.05) is 0 Å². The summed E-state index contributed by atoms with van der Waals surface area (Å²) in [5.74, 6) is 0.790. The van der Waals surface area contributed by atoms with E-state index >= 15 is 0 Å². The van der Waals surface area contributed by atoms with Gasteiger partial charge in [0.05, 0.1) is 0 Å². The van der Waals surface area contributed by atoms with Gasteiger partial charge in [0.15, 0.2) is 0 Å². The third kappa shape index (κ3) is 3.81. The predicted molar refractivity (Wildman–Crippen MR) is 64.9 cm³/mol. The SMILES string of the molecule is CCCC(Cl)C1CCCC(C)(C)CC1. The van der Waals surface area contributed by atoms with Gasteiger partial charge in [-0.1, -0.05) is 33.6 Å². The van der Waals surface area contributed by atoms with Gasteiger partial charge in [0.2, 0.25) is 0 Å². The van der Waals surface area contributed by atoms with E-state index in [0.717, 1.165) is 5.92 Å². The van der Waals surface area contributed by atoms with Crippen molar-refractivity contribution in [1.82, 2.24) is 0 Å². The monoisotopic (exact) mass is 216 g/mol. The Balaban J connectivity index is 2.41. The summed E-state index contributed by atoms with van der Waals surface area (Å²) in [6, 6.07) is 0. The summed E-state index contributed by atoms with van der Waals surface area (Å²) in [7, 11) is 0. The molecule has 0 N–H and O–H groups in total. The van der Waals surface area contributed by atoms with Crippen molar-refractivity contribution in [1.29, 1.82) is 0 Å². The van der Waals surface area contributed by atoms with Gasteiger partial charge in [-0.05, 0) is 43.4 Å². The molecule has 1 fully saturated rings.